The number of ketones is 1. The summed E-state index contributed by atoms with van der Waals surface area (Å²) in [6.45, 7) is 2.70. The van der Waals surface area contributed by atoms with E-state index in [1.807, 2.05) is 6.08 Å². The normalized spacial score (nSPS) is 42.9. The van der Waals surface area contributed by atoms with Crippen LogP contribution in [0.2, 0.25) is 0 Å². The third-order valence-electron chi connectivity index (χ3n) is 4.00. The summed E-state index contributed by atoms with van der Waals surface area (Å²) in [4.78, 5) is 13.1. The maximum atomic E-state index is 11.3. The Morgan fingerprint density at radius 1 is 1.23 bits per heavy atom. The molecule has 0 amide bonds. The van der Waals surface area contributed by atoms with E-state index in [0.717, 1.165) is 24.8 Å². The van der Waals surface area contributed by atoms with E-state index in [-0.39, 0.29) is 0 Å². The first kappa shape index (κ1) is 7.74. The minimum absolute atomic E-state index is 0.374. The van der Waals surface area contributed by atoms with E-state index in [2.05, 4.69) is 0 Å². The average Bonchev–Trinajstić information content (AvgIpc) is 2.19. The molecule has 3 saturated heterocycles. The van der Waals surface area contributed by atoms with E-state index in [1.54, 1.807) is 4.90 Å². The van der Waals surface area contributed by atoms with Gasteiger partial charge in [-0.1, -0.05) is 0 Å². The van der Waals surface area contributed by atoms with Crippen molar-refractivity contribution in [2.75, 3.05) is 13.1 Å². The van der Waals surface area contributed by atoms with Crippen molar-refractivity contribution in [1.82, 2.24) is 0 Å². The molecule has 0 aromatic rings. The molecule has 0 saturated carbocycles. The highest BCUT2D eigenvalue weighted by atomic mass is 16.1. The second kappa shape index (κ2) is 2.68. The summed E-state index contributed by atoms with van der Waals surface area (Å²) in [6, 6.07) is 0.727. The third kappa shape index (κ3) is 1.08. The Morgan fingerprint density at radius 3 is 2.77 bits per heavy atom. The van der Waals surface area contributed by atoms with Crippen LogP contribution in [0.5, 0.6) is 0 Å². The molecule has 1 unspecified atom stereocenters. The van der Waals surface area contributed by atoms with Crippen LogP contribution in [0.4, 0.5) is 0 Å². The molecule has 0 aromatic heterocycles. The Bertz CT molecular complexity index is 274. The first-order valence-corrected chi connectivity index (χ1v) is 5.43. The van der Waals surface area contributed by atoms with Gasteiger partial charge in [-0.2, -0.15) is 0 Å². The van der Waals surface area contributed by atoms with E-state index in [9.17, 15) is 4.79 Å². The number of piperidine rings is 3. The number of fused-ring (bicyclic) bond motifs is 2. The smallest absolute Gasteiger partial charge is 0.156 e. The lowest BCUT2D eigenvalue weighted by Crippen LogP contribution is -3.19. The zero-order chi connectivity index (χ0) is 8.84. The van der Waals surface area contributed by atoms with Crippen molar-refractivity contribution >= 4 is 5.78 Å². The molecule has 2 heteroatoms. The van der Waals surface area contributed by atoms with Crippen molar-refractivity contribution in [3.63, 3.8) is 0 Å². The van der Waals surface area contributed by atoms with Gasteiger partial charge in [-0.15, -0.1) is 0 Å². The predicted molar refractivity (Wildman–Crippen MR) is 49.5 cm³/mol. The van der Waals surface area contributed by atoms with Gasteiger partial charge in [-0.05, 0) is 17.6 Å². The Kier molecular flexibility index (Phi) is 1.59. The molecule has 1 atom stereocenters. The van der Waals surface area contributed by atoms with Gasteiger partial charge in [-0.3, -0.25) is 4.79 Å². The number of quaternary nitrogens is 1. The minimum Gasteiger partial charge on any atom is -0.329 e. The molecule has 0 radical (unpaired) electrons. The maximum Gasteiger partial charge on any atom is 0.156 e. The number of nitrogens with one attached hydrogen (secondary N) is 1. The molecule has 4 aliphatic rings. The van der Waals surface area contributed by atoms with Crippen LogP contribution < -0.4 is 4.90 Å². The number of carbonyl (C=O) groups is 1. The molecule has 2 bridgehead atoms. The summed E-state index contributed by atoms with van der Waals surface area (Å²) < 4.78 is 0. The number of rotatable bonds is 0. The van der Waals surface area contributed by atoms with E-state index < -0.39 is 0 Å². The van der Waals surface area contributed by atoms with Crippen LogP contribution in [0.15, 0.2) is 11.6 Å². The van der Waals surface area contributed by atoms with Crippen LogP contribution in [0.1, 0.15) is 25.7 Å². The fraction of sp³-hybridized carbons (Fsp3) is 0.727. The van der Waals surface area contributed by atoms with Gasteiger partial charge in [0.05, 0.1) is 13.1 Å². The summed E-state index contributed by atoms with van der Waals surface area (Å²) in [6.07, 6.45) is 6.54. The van der Waals surface area contributed by atoms with E-state index >= 15 is 0 Å². The van der Waals surface area contributed by atoms with Gasteiger partial charge < -0.3 is 4.90 Å². The highest BCUT2D eigenvalue weighted by Gasteiger charge is 2.42. The van der Waals surface area contributed by atoms with Crippen molar-refractivity contribution in [1.29, 1.82) is 0 Å². The topological polar surface area (TPSA) is 21.5 Å². The summed E-state index contributed by atoms with van der Waals surface area (Å²) in [5, 5.41) is 0. The first-order valence-electron chi connectivity index (χ1n) is 5.43. The van der Waals surface area contributed by atoms with Crippen LogP contribution >= 0.6 is 0 Å². The third-order valence-corrected chi connectivity index (χ3v) is 4.00. The Morgan fingerprint density at radius 2 is 2.00 bits per heavy atom. The van der Waals surface area contributed by atoms with Crippen molar-refractivity contribution in [2.24, 2.45) is 5.92 Å². The zero-order valence-electron chi connectivity index (χ0n) is 7.88. The Hall–Kier alpha value is -0.630. The van der Waals surface area contributed by atoms with Crippen LogP contribution in [0.3, 0.4) is 0 Å². The molecule has 4 rings (SSSR count). The highest BCUT2D eigenvalue weighted by Crippen LogP contribution is 2.31. The SMILES string of the molecule is O=C1C=C2C3CC[NH+](CC3)C2CC1. The number of hydrogen-bond acceptors (Lipinski definition) is 1. The summed E-state index contributed by atoms with van der Waals surface area (Å²) in [5.41, 5.74) is 1.50. The molecular weight excluding hydrogens is 162 g/mol. The molecule has 70 valence electrons. The molecule has 2 nitrogen and oxygen atoms in total. The molecular formula is C11H16NO+. The molecule has 3 heterocycles. The quantitative estimate of drug-likeness (QED) is 0.552. The lowest BCUT2D eigenvalue weighted by Gasteiger charge is -2.45. The molecule has 0 spiro atoms. The van der Waals surface area contributed by atoms with Gasteiger partial charge in [0.25, 0.3) is 0 Å². The summed E-state index contributed by atoms with van der Waals surface area (Å²) in [5.74, 6) is 1.14. The zero-order valence-corrected chi connectivity index (χ0v) is 7.88. The molecule has 3 aliphatic heterocycles. The predicted octanol–water partition coefficient (Wildman–Crippen LogP) is -0.0472. The van der Waals surface area contributed by atoms with Crippen molar-refractivity contribution in [3.8, 4) is 0 Å². The van der Waals surface area contributed by atoms with Gasteiger partial charge in [0, 0.05) is 25.7 Å². The van der Waals surface area contributed by atoms with Gasteiger partial charge in [0.1, 0.15) is 6.04 Å². The van der Waals surface area contributed by atoms with Crippen LogP contribution in [0, 0.1) is 5.92 Å². The summed E-state index contributed by atoms with van der Waals surface area (Å²) in [7, 11) is 0. The molecule has 13 heavy (non-hydrogen) atoms. The molecule has 0 aromatic carbocycles. The second-order valence-electron chi connectivity index (χ2n) is 4.63. The lowest BCUT2D eigenvalue weighted by atomic mass is 9.74. The van der Waals surface area contributed by atoms with Crippen LogP contribution in [-0.4, -0.2) is 24.9 Å². The number of carbonyl (C=O) groups excluding carboxylic acids is 1. The monoisotopic (exact) mass is 178 g/mol. The molecule has 1 N–H and O–H groups in total. The molecule has 3 fully saturated rings. The van der Waals surface area contributed by atoms with Gasteiger partial charge in [0.2, 0.25) is 0 Å². The van der Waals surface area contributed by atoms with Crippen LogP contribution in [-0.2, 0) is 4.79 Å². The van der Waals surface area contributed by atoms with E-state index in [0.29, 0.717) is 5.78 Å². The highest BCUT2D eigenvalue weighted by molar-refractivity contribution is 5.91. The van der Waals surface area contributed by atoms with Gasteiger partial charge >= 0.3 is 0 Å². The van der Waals surface area contributed by atoms with Crippen molar-refractivity contribution < 1.29 is 9.69 Å². The fourth-order valence-electron chi connectivity index (χ4n) is 3.32. The Labute approximate surface area is 78.6 Å². The fourth-order valence-corrected chi connectivity index (χ4v) is 3.32. The van der Waals surface area contributed by atoms with Crippen molar-refractivity contribution in [2.45, 2.75) is 31.7 Å². The lowest BCUT2D eigenvalue weighted by molar-refractivity contribution is -0.934. The van der Waals surface area contributed by atoms with Gasteiger partial charge in [0.15, 0.2) is 5.78 Å². The maximum absolute atomic E-state index is 11.3. The molecule has 1 aliphatic carbocycles. The largest absolute Gasteiger partial charge is 0.329 e. The summed E-state index contributed by atoms with van der Waals surface area (Å²) >= 11 is 0. The van der Waals surface area contributed by atoms with Crippen LogP contribution in [0.25, 0.3) is 0 Å². The number of allylic oxidation sites excluding steroid dienone is 1. The van der Waals surface area contributed by atoms with Crippen molar-refractivity contribution in [3.05, 3.63) is 11.6 Å². The average molecular weight is 178 g/mol. The minimum atomic E-state index is 0.374. The second-order valence-corrected chi connectivity index (χ2v) is 4.63. The van der Waals surface area contributed by atoms with E-state index in [1.165, 1.54) is 31.5 Å². The standard InChI is InChI=1S/C11H15NO/c13-9-1-2-11-10(7-9)8-3-5-12(11)6-4-8/h7-8,11H,1-6H2/p+1. The Balaban J connectivity index is 1.98. The van der Waals surface area contributed by atoms with E-state index in [4.69, 9.17) is 0 Å². The van der Waals surface area contributed by atoms with Gasteiger partial charge in [-0.25, -0.2) is 0 Å². The first-order chi connectivity index (χ1) is 6.34. The number of hydrogen-bond donors (Lipinski definition) is 1.